The molecule has 1 fully saturated rings. The Morgan fingerprint density at radius 3 is 2.29 bits per heavy atom. The molecule has 0 aliphatic carbocycles. The van der Waals surface area contributed by atoms with Gasteiger partial charge in [-0.15, -0.1) is 0 Å². The minimum Gasteiger partial charge on any atom is -0.455 e. The minimum absolute atomic E-state index is 0.295. The van der Waals surface area contributed by atoms with Crippen LogP contribution in [-0.2, 0) is 25.6 Å². The normalized spacial score (nSPS) is 15.1. The second-order valence-corrected chi connectivity index (χ2v) is 8.11. The first-order valence-corrected chi connectivity index (χ1v) is 9.61. The summed E-state index contributed by atoms with van der Waals surface area (Å²) < 4.78 is 10.5. The van der Waals surface area contributed by atoms with Crippen molar-refractivity contribution in [2.75, 3.05) is 19.7 Å². The van der Waals surface area contributed by atoms with Crippen LogP contribution in [0.1, 0.15) is 44.7 Å². The maximum Gasteiger partial charge on any atom is 0.410 e. The molecule has 1 aromatic rings. The van der Waals surface area contributed by atoms with Crippen LogP contribution >= 0.6 is 0 Å². The molecule has 0 spiro atoms. The smallest absolute Gasteiger partial charge is 0.410 e. The number of piperidine rings is 1. The van der Waals surface area contributed by atoms with E-state index in [1.807, 2.05) is 52.0 Å². The van der Waals surface area contributed by atoms with E-state index in [1.165, 1.54) is 0 Å². The number of carbonyl (C=O) groups is 3. The fourth-order valence-electron chi connectivity index (χ4n) is 2.84. The van der Waals surface area contributed by atoms with E-state index in [1.54, 1.807) is 4.90 Å². The summed E-state index contributed by atoms with van der Waals surface area (Å²) in [5.74, 6) is -1.03. The second kappa shape index (κ2) is 9.57. The van der Waals surface area contributed by atoms with Gasteiger partial charge in [0.2, 0.25) is 0 Å². The molecule has 1 N–H and O–H groups in total. The molecular weight excluding hydrogens is 360 g/mol. The second-order valence-electron chi connectivity index (χ2n) is 8.11. The van der Waals surface area contributed by atoms with Gasteiger partial charge in [0.25, 0.3) is 5.91 Å². The van der Waals surface area contributed by atoms with Crippen LogP contribution in [0.25, 0.3) is 0 Å². The van der Waals surface area contributed by atoms with Gasteiger partial charge in [-0.1, -0.05) is 29.8 Å². The third-order valence-electron chi connectivity index (χ3n) is 4.44. The fourth-order valence-corrected chi connectivity index (χ4v) is 2.84. The number of likely N-dealkylation sites (tertiary alicyclic amines) is 1. The van der Waals surface area contributed by atoms with Gasteiger partial charge in [0.15, 0.2) is 6.61 Å². The zero-order valence-corrected chi connectivity index (χ0v) is 17.1. The molecule has 7 heteroatoms. The first kappa shape index (κ1) is 21.7. The van der Waals surface area contributed by atoms with E-state index in [0.717, 1.165) is 11.1 Å². The molecule has 1 heterocycles. The number of benzene rings is 1. The largest absolute Gasteiger partial charge is 0.455 e. The van der Waals surface area contributed by atoms with Gasteiger partial charge in [-0.05, 0) is 46.1 Å². The van der Waals surface area contributed by atoms with Crippen molar-refractivity contribution in [3.63, 3.8) is 0 Å². The first-order valence-electron chi connectivity index (χ1n) is 9.61. The summed E-state index contributed by atoms with van der Waals surface area (Å²) >= 11 is 0. The highest BCUT2D eigenvalue weighted by atomic mass is 16.6. The lowest BCUT2D eigenvalue weighted by Crippen LogP contribution is -2.43. The molecule has 0 atom stereocenters. The van der Waals surface area contributed by atoms with Crippen LogP contribution in [0.4, 0.5) is 4.79 Å². The predicted molar refractivity (Wildman–Crippen MR) is 105 cm³/mol. The standard InChI is InChI=1S/C21H30N2O5/c1-15-5-7-16(8-6-15)13-22-18(24)14-27-19(25)17-9-11-23(12-10-17)20(26)28-21(2,3)4/h5-8,17H,9-14H2,1-4H3,(H,22,24). The summed E-state index contributed by atoms with van der Waals surface area (Å²) in [6, 6.07) is 7.84. The number of esters is 1. The van der Waals surface area contributed by atoms with E-state index in [0.29, 0.717) is 32.5 Å². The van der Waals surface area contributed by atoms with Crippen molar-refractivity contribution >= 4 is 18.0 Å². The van der Waals surface area contributed by atoms with Crippen molar-refractivity contribution in [1.82, 2.24) is 10.2 Å². The van der Waals surface area contributed by atoms with Gasteiger partial charge < -0.3 is 19.7 Å². The first-order chi connectivity index (χ1) is 13.1. The molecule has 1 aliphatic heterocycles. The zero-order chi connectivity index (χ0) is 20.7. The van der Waals surface area contributed by atoms with Crippen LogP contribution in [0, 0.1) is 12.8 Å². The van der Waals surface area contributed by atoms with Gasteiger partial charge in [-0.25, -0.2) is 4.79 Å². The van der Waals surface area contributed by atoms with Gasteiger partial charge in [0.1, 0.15) is 5.60 Å². The molecule has 7 nitrogen and oxygen atoms in total. The highest BCUT2D eigenvalue weighted by molar-refractivity contribution is 5.81. The number of nitrogens with zero attached hydrogens (tertiary/aromatic N) is 1. The Labute approximate surface area is 166 Å². The number of rotatable bonds is 5. The Balaban J connectivity index is 1.67. The van der Waals surface area contributed by atoms with Crippen molar-refractivity contribution in [3.8, 4) is 0 Å². The van der Waals surface area contributed by atoms with E-state index < -0.39 is 11.6 Å². The summed E-state index contributed by atoms with van der Waals surface area (Å²) in [5.41, 5.74) is 1.60. The summed E-state index contributed by atoms with van der Waals surface area (Å²) in [7, 11) is 0. The lowest BCUT2D eigenvalue weighted by atomic mass is 9.97. The average molecular weight is 390 g/mol. The van der Waals surface area contributed by atoms with Gasteiger partial charge in [-0.3, -0.25) is 9.59 Å². The number of hydrogen-bond acceptors (Lipinski definition) is 5. The number of aryl methyl sites for hydroxylation is 1. The highest BCUT2D eigenvalue weighted by Crippen LogP contribution is 2.20. The van der Waals surface area contributed by atoms with Crippen molar-refractivity contribution in [1.29, 1.82) is 0 Å². The summed E-state index contributed by atoms with van der Waals surface area (Å²) in [6.45, 7) is 8.43. The van der Waals surface area contributed by atoms with Gasteiger partial charge >= 0.3 is 12.1 Å². The molecular formula is C21H30N2O5. The Morgan fingerprint density at radius 1 is 1.11 bits per heavy atom. The quantitative estimate of drug-likeness (QED) is 0.782. The van der Waals surface area contributed by atoms with Crippen molar-refractivity contribution in [2.24, 2.45) is 5.92 Å². The Kier molecular flexibility index (Phi) is 7.43. The van der Waals surface area contributed by atoms with Gasteiger partial charge in [0.05, 0.1) is 5.92 Å². The maximum atomic E-state index is 12.2. The summed E-state index contributed by atoms with van der Waals surface area (Å²) in [4.78, 5) is 37.7. The predicted octanol–water partition coefficient (Wildman–Crippen LogP) is 2.80. The SMILES string of the molecule is Cc1ccc(CNC(=O)COC(=O)C2CCN(C(=O)OC(C)(C)C)CC2)cc1. The van der Waals surface area contributed by atoms with Gasteiger partial charge in [0, 0.05) is 19.6 Å². The Bertz CT molecular complexity index is 686. The zero-order valence-electron chi connectivity index (χ0n) is 17.1. The molecule has 0 radical (unpaired) electrons. The molecule has 2 rings (SSSR count). The number of hydrogen-bond donors (Lipinski definition) is 1. The van der Waals surface area contributed by atoms with Crippen LogP contribution in [0.15, 0.2) is 24.3 Å². The monoisotopic (exact) mass is 390 g/mol. The molecule has 1 aliphatic rings. The molecule has 2 amide bonds. The number of ether oxygens (including phenoxy) is 2. The number of nitrogens with one attached hydrogen (secondary N) is 1. The van der Waals surface area contributed by atoms with Crippen LogP contribution in [0.5, 0.6) is 0 Å². The molecule has 0 aromatic heterocycles. The molecule has 154 valence electrons. The molecule has 0 saturated carbocycles. The number of amides is 2. The average Bonchev–Trinajstić information content (AvgIpc) is 2.64. The number of carbonyl (C=O) groups excluding carboxylic acids is 3. The molecule has 0 unspecified atom stereocenters. The van der Waals surface area contributed by atoms with Crippen molar-refractivity contribution in [3.05, 3.63) is 35.4 Å². The van der Waals surface area contributed by atoms with E-state index >= 15 is 0 Å². The lowest BCUT2D eigenvalue weighted by molar-refractivity contribution is -0.154. The fraction of sp³-hybridized carbons (Fsp3) is 0.571. The molecule has 1 saturated heterocycles. The molecule has 0 bridgehead atoms. The van der Waals surface area contributed by atoms with Gasteiger partial charge in [-0.2, -0.15) is 0 Å². The van der Waals surface area contributed by atoms with Crippen LogP contribution < -0.4 is 5.32 Å². The molecule has 1 aromatic carbocycles. The third kappa shape index (κ3) is 7.21. The molecule has 28 heavy (non-hydrogen) atoms. The van der Waals surface area contributed by atoms with E-state index in [2.05, 4.69) is 5.32 Å². The minimum atomic E-state index is -0.543. The van der Waals surface area contributed by atoms with Crippen molar-refractivity contribution < 1.29 is 23.9 Å². The van der Waals surface area contributed by atoms with Crippen LogP contribution in [-0.4, -0.2) is 48.2 Å². The highest BCUT2D eigenvalue weighted by Gasteiger charge is 2.30. The third-order valence-corrected chi connectivity index (χ3v) is 4.44. The van der Waals surface area contributed by atoms with Crippen LogP contribution in [0.2, 0.25) is 0 Å². The summed E-state index contributed by atoms with van der Waals surface area (Å²) in [6.07, 6.45) is 0.640. The van der Waals surface area contributed by atoms with E-state index in [4.69, 9.17) is 9.47 Å². The van der Waals surface area contributed by atoms with Crippen molar-refractivity contribution in [2.45, 2.75) is 52.7 Å². The lowest BCUT2D eigenvalue weighted by Gasteiger charge is -2.32. The maximum absolute atomic E-state index is 12.2. The van der Waals surface area contributed by atoms with E-state index in [9.17, 15) is 14.4 Å². The topological polar surface area (TPSA) is 84.9 Å². The summed E-state index contributed by atoms with van der Waals surface area (Å²) in [5, 5.41) is 2.73. The Morgan fingerprint density at radius 2 is 1.71 bits per heavy atom. The Hall–Kier alpha value is -2.57. The van der Waals surface area contributed by atoms with Crippen LogP contribution in [0.3, 0.4) is 0 Å². The van der Waals surface area contributed by atoms with E-state index in [-0.39, 0.29) is 24.5 Å².